The molecule has 0 bridgehead atoms. The highest BCUT2D eigenvalue weighted by molar-refractivity contribution is 5.62. The number of nitrogens with zero attached hydrogens (tertiary/aromatic N) is 1. The maximum atomic E-state index is 9.02. The largest absolute Gasteiger partial charge is 0.493 e. The van der Waals surface area contributed by atoms with E-state index >= 15 is 0 Å². The molecule has 1 unspecified atom stereocenters. The first-order valence-electron chi connectivity index (χ1n) is 6.45. The summed E-state index contributed by atoms with van der Waals surface area (Å²) >= 11 is 0. The molecule has 1 aromatic heterocycles. The molecule has 100 valence electrons. The van der Waals surface area contributed by atoms with Crippen molar-refractivity contribution < 1.29 is 9.84 Å². The van der Waals surface area contributed by atoms with Crippen LogP contribution in [0.5, 0.6) is 5.75 Å². The maximum Gasteiger partial charge on any atom is 0.125 e. The first-order valence-corrected chi connectivity index (χ1v) is 6.45. The smallest absolute Gasteiger partial charge is 0.125 e. The number of imidazole rings is 1. The number of aromatic nitrogens is 2. The second-order valence-electron chi connectivity index (χ2n) is 4.75. The Bertz CT molecular complexity index is 580. The number of H-pyrrole nitrogens is 1. The predicted octanol–water partition coefficient (Wildman–Crippen LogP) is 1.39. The average molecular weight is 259 g/mol. The molecular weight excluding hydrogens is 242 g/mol. The summed E-state index contributed by atoms with van der Waals surface area (Å²) in [6.07, 6.45) is 3.84. The SMILES string of the molecule is NC(CO)c1ncc(-c2ccc3c(c2)CCCO3)[nH]1. The summed E-state index contributed by atoms with van der Waals surface area (Å²) in [5.74, 6) is 1.58. The van der Waals surface area contributed by atoms with E-state index in [0.717, 1.165) is 36.5 Å². The molecule has 0 radical (unpaired) electrons. The first-order chi connectivity index (χ1) is 9.28. The Labute approximate surface area is 111 Å². The summed E-state index contributed by atoms with van der Waals surface area (Å²) in [6.45, 7) is 0.677. The van der Waals surface area contributed by atoms with Gasteiger partial charge in [0, 0.05) is 5.56 Å². The predicted molar refractivity (Wildman–Crippen MR) is 71.9 cm³/mol. The van der Waals surface area contributed by atoms with Crippen molar-refractivity contribution in [2.45, 2.75) is 18.9 Å². The van der Waals surface area contributed by atoms with Crippen LogP contribution in [-0.4, -0.2) is 28.3 Å². The molecule has 3 rings (SSSR count). The monoisotopic (exact) mass is 259 g/mol. The highest BCUT2D eigenvalue weighted by Crippen LogP contribution is 2.29. The van der Waals surface area contributed by atoms with E-state index in [4.69, 9.17) is 15.6 Å². The second-order valence-corrected chi connectivity index (χ2v) is 4.75. The zero-order valence-electron chi connectivity index (χ0n) is 10.6. The van der Waals surface area contributed by atoms with Crippen molar-refractivity contribution in [3.63, 3.8) is 0 Å². The number of ether oxygens (including phenoxy) is 1. The lowest BCUT2D eigenvalue weighted by Gasteiger charge is -2.17. The van der Waals surface area contributed by atoms with Gasteiger partial charge in [0.15, 0.2) is 0 Å². The number of hydrogen-bond acceptors (Lipinski definition) is 4. The summed E-state index contributed by atoms with van der Waals surface area (Å²) < 4.78 is 5.60. The molecule has 1 aliphatic heterocycles. The number of benzene rings is 1. The Morgan fingerprint density at radius 2 is 2.37 bits per heavy atom. The maximum absolute atomic E-state index is 9.02. The fraction of sp³-hybridized carbons (Fsp3) is 0.357. The van der Waals surface area contributed by atoms with Gasteiger partial charge in [0.1, 0.15) is 11.6 Å². The number of rotatable bonds is 3. The highest BCUT2D eigenvalue weighted by atomic mass is 16.5. The van der Waals surface area contributed by atoms with E-state index < -0.39 is 6.04 Å². The molecule has 2 aromatic rings. The van der Waals surface area contributed by atoms with Crippen LogP contribution >= 0.6 is 0 Å². The molecule has 4 N–H and O–H groups in total. The van der Waals surface area contributed by atoms with Gasteiger partial charge < -0.3 is 20.6 Å². The summed E-state index contributed by atoms with van der Waals surface area (Å²) in [5, 5.41) is 9.02. The zero-order valence-corrected chi connectivity index (χ0v) is 10.6. The lowest BCUT2D eigenvalue weighted by Crippen LogP contribution is -2.15. The summed E-state index contributed by atoms with van der Waals surface area (Å²) in [5.41, 5.74) is 8.93. The molecular formula is C14H17N3O2. The first kappa shape index (κ1) is 12.2. The third kappa shape index (κ3) is 2.34. The number of nitrogens with two attached hydrogens (primary N) is 1. The van der Waals surface area contributed by atoms with Gasteiger partial charge in [-0.15, -0.1) is 0 Å². The lowest BCUT2D eigenvalue weighted by atomic mass is 10.0. The van der Waals surface area contributed by atoms with Gasteiger partial charge in [-0.25, -0.2) is 4.98 Å². The van der Waals surface area contributed by atoms with E-state index in [1.807, 2.05) is 12.1 Å². The van der Waals surface area contributed by atoms with Gasteiger partial charge in [-0.2, -0.15) is 0 Å². The van der Waals surface area contributed by atoms with E-state index in [-0.39, 0.29) is 6.61 Å². The van der Waals surface area contributed by atoms with Crippen molar-refractivity contribution >= 4 is 0 Å². The van der Waals surface area contributed by atoms with Gasteiger partial charge in [-0.05, 0) is 36.6 Å². The second kappa shape index (κ2) is 5.03. The third-order valence-electron chi connectivity index (χ3n) is 3.36. The van der Waals surface area contributed by atoms with Gasteiger partial charge >= 0.3 is 0 Å². The number of aromatic amines is 1. The third-order valence-corrected chi connectivity index (χ3v) is 3.36. The molecule has 0 amide bonds. The van der Waals surface area contributed by atoms with Crippen LogP contribution in [0.4, 0.5) is 0 Å². The van der Waals surface area contributed by atoms with E-state index in [9.17, 15) is 0 Å². The molecule has 0 spiro atoms. The van der Waals surface area contributed by atoms with Gasteiger partial charge in [-0.3, -0.25) is 0 Å². The van der Waals surface area contributed by atoms with E-state index in [1.165, 1.54) is 5.56 Å². The minimum absolute atomic E-state index is 0.120. The van der Waals surface area contributed by atoms with E-state index in [2.05, 4.69) is 16.0 Å². The van der Waals surface area contributed by atoms with Crippen LogP contribution in [0.2, 0.25) is 0 Å². The van der Waals surface area contributed by atoms with Crippen LogP contribution in [0, 0.1) is 0 Å². The zero-order chi connectivity index (χ0) is 13.2. The Morgan fingerprint density at radius 1 is 1.47 bits per heavy atom. The Morgan fingerprint density at radius 3 is 3.21 bits per heavy atom. The van der Waals surface area contributed by atoms with Crippen LogP contribution in [0.25, 0.3) is 11.3 Å². The van der Waals surface area contributed by atoms with Crippen LogP contribution in [0.1, 0.15) is 23.9 Å². The van der Waals surface area contributed by atoms with Gasteiger partial charge in [-0.1, -0.05) is 0 Å². The molecule has 5 heteroatoms. The van der Waals surface area contributed by atoms with Crippen molar-refractivity contribution in [1.29, 1.82) is 0 Å². The van der Waals surface area contributed by atoms with Gasteiger partial charge in [0.2, 0.25) is 0 Å². The molecule has 0 saturated heterocycles. The number of fused-ring (bicyclic) bond motifs is 1. The fourth-order valence-corrected chi connectivity index (χ4v) is 2.29. The van der Waals surface area contributed by atoms with Crippen molar-refractivity contribution in [2.24, 2.45) is 5.73 Å². The van der Waals surface area contributed by atoms with Gasteiger partial charge in [0.25, 0.3) is 0 Å². The van der Waals surface area contributed by atoms with Crippen molar-refractivity contribution in [3.05, 3.63) is 35.8 Å². The van der Waals surface area contributed by atoms with Crippen LogP contribution in [0.15, 0.2) is 24.4 Å². The molecule has 0 saturated carbocycles. The number of aliphatic hydroxyl groups excluding tert-OH is 1. The standard InChI is InChI=1S/C14H17N3O2/c15-11(8-18)14-16-7-12(17-14)9-3-4-13-10(6-9)2-1-5-19-13/h3-4,6-7,11,18H,1-2,5,8,15H2,(H,16,17). The molecule has 0 aliphatic carbocycles. The van der Waals surface area contributed by atoms with Crippen molar-refractivity contribution in [1.82, 2.24) is 9.97 Å². The molecule has 19 heavy (non-hydrogen) atoms. The van der Waals surface area contributed by atoms with Crippen LogP contribution in [0.3, 0.4) is 0 Å². The van der Waals surface area contributed by atoms with Crippen LogP contribution in [-0.2, 0) is 6.42 Å². The topological polar surface area (TPSA) is 84.2 Å². The van der Waals surface area contributed by atoms with E-state index in [0.29, 0.717) is 5.82 Å². The molecule has 5 nitrogen and oxygen atoms in total. The molecule has 0 fully saturated rings. The van der Waals surface area contributed by atoms with Crippen molar-refractivity contribution in [3.8, 4) is 17.0 Å². The van der Waals surface area contributed by atoms with Gasteiger partial charge in [0.05, 0.1) is 31.1 Å². The Kier molecular flexibility index (Phi) is 3.23. The Hall–Kier alpha value is -1.85. The quantitative estimate of drug-likeness (QED) is 0.777. The molecule has 1 aromatic carbocycles. The number of aliphatic hydroxyl groups is 1. The summed E-state index contributed by atoms with van der Waals surface area (Å²) in [6, 6.07) is 5.66. The van der Waals surface area contributed by atoms with E-state index in [1.54, 1.807) is 6.20 Å². The molecule has 1 aliphatic rings. The Balaban J connectivity index is 1.91. The highest BCUT2D eigenvalue weighted by Gasteiger charge is 2.13. The lowest BCUT2D eigenvalue weighted by molar-refractivity contribution is 0.264. The minimum atomic E-state index is -0.463. The summed E-state index contributed by atoms with van der Waals surface area (Å²) in [4.78, 5) is 7.35. The van der Waals surface area contributed by atoms with Crippen LogP contribution < -0.4 is 10.5 Å². The molecule has 1 atom stereocenters. The number of aryl methyl sites for hydroxylation is 1. The fourth-order valence-electron chi connectivity index (χ4n) is 2.29. The minimum Gasteiger partial charge on any atom is -0.493 e. The van der Waals surface area contributed by atoms with Crippen molar-refractivity contribution in [2.75, 3.05) is 13.2 Å². The summed E-state index contributed by atoms with van der Waals surface area (Å²) in [7, 11) is 0. The molecule has 2 heterocycles. The normalized spacial score (nSPS) is 15.7. The number of nitrogens with one attached hydrogen (secondary N) is 1. The number of hydrogen-bond donors (Lipinski definition) is 3. The average Bonchev–Trinajstić information content (AvgIpc) is 2.95.